The van der Waals surface area contributed by atoms with Crippen LogP contribution in [0.2, 0.25) is 0 Å². The molecule has 1 N–H and O–H groups in total. The summed E-state index contributed by atoms with van der Waals surface area (Å²) in [5.74, 6) is 0. The molecule has 0 aliphatic carbocycles. The van der Waals surface area contributed by atoms with Gasteiger partial charge in [0, 0.05) is 11.8 Å². The van der Waals surface area contributed by atoms with Crippen molar-refractivity contribution in [2.24, 2.45) is 0 Å². The van der Waals surface area contributed by atoms with Crippen molar-refractivity contribution in [3.63, 3.8) is 0 Å². The first kappa shape index (κ1) is 9.32. The van der Waals surface area contributed by atoms with Crippen LogP contribution in [0.5, 0.6) is 0 Å². The van der Waals surface area contributed by atoms with E-state index in [0.717, 1.165) is 0 Å². The summed E-state index contributed by atoms with van der Waals surface area (Å²) >= 11 is 0. The first-order chi connectivity index (χ1) is 4.59. The van der Waals surface area contributed by atoms with Gasteiger partial charge in [-0.3, -0.25) is 10.1 Å². The summed E-state index contributed by atoms with van der Waals surface area (Å²) in [6.07, 6.45) is 0. The van der Waals surface area contributed by atoms with Crippen molar-refractivity contribution in [2.45, 2.75) is 25.9 Å². The summed E-state index contributed by atoms with van der Waals surface area (Å²) in [5.41, 5.74) is 2.48. The minimum atomic E-state index is -0.625. The number of hydrogen-bond donors (Lipinski definition) is 1. The van der Waals surface area contributed by atoms with E-state index in [1.165, 1.54) is 14.0 Å². The van der Waals surface area contributed by atoms with Crippen LogP contribution < -0.4 is 5.48 Å². The normalized spacial score (nSPS) is 16.3. The Balaban J connectivity index is 3.69. The van der Waals surface area contributed by atoms with Gasteiger partial charge in [-0.1, -0.05) is 0 Å². The molecule has 0 aromatic rings. The topological polar surface area (TPSA) is 64.4 Å². The molecule has 0 aliphatic rings. The van der Waals surface area contributed by atoms with Crippen LogP contribution in [-0.2, 0) is 4.84 Å². The number of hydrogen-bond acceptors (Lipinski definition) is 4. The largest absolute Gasteiger partial charge is 0.305 e. The van der Waals surface area contributed by atoms with Crippen molar-refractivity contribution in [1.82, 2.24) is 5.48 Å². The quantitative estimate of drug-likeness (QED) is 0.456. The van der Waals surface area contributed by atoms with Crippen LogP contribution in [-0.4, -0.2) is 24.1 Å². The van der Waals surface area contributed by atoms with Crippen LogP contribution in [0, 0.1) is 10.1 Å². The van der Waals surface area contributed by atoms with Crippen molar-refractivity contribution in [2.75, 3.05) is 7.11 Å². The molecule has 0 saturated carbocycles. The smallest absolute Gasteiger partial charge is 0.227 e. The minimum Gasteiger partial charge on any atom is -0.305 e. The van der Waals surface area contributed by atoms with Gasteiger partial charge in [0.25, 0.3) is 0 Å². The number of nitrogens with zero attached hydrogens (tertiary/aromatic N) is 1. The van der Waals surface area contributed by atoms with E-state index in [-0.39, 0.29) is 11.0 Å². The fourth-order valence-electron chi connectivity index (χ4n) is 0.467. The summed E-state index contributed by atoms with van der Waals surface area (Å²) in [7, 11) is 1.43. The maximum atomic E-state index is 10.1. The van der Waals surface area contributed by atoms with Gasteiger partial charge in [0.05, 0.1) is 13.2 Å². The number of hydroxylamine groups is 1. The third-order valence-corrected chi connectivity index (χ3v) is 1.36. The molecule has 0 spiro atoms. The summed E-state index contributed by atoms with van der Waals surface area (Å²) in [6, 6.07) is -0.889. The molecule has 0 amide bonds. The van der Waals surface area contributed by atoms with E-state index >= 15 is 0 Å². The molecule has 2 unspecified atom stereocenters. The number of nitro groups is 1. The molecule has 0 saturated heterocycles. The first-order valence-corrected chi connectivity index (χ1v) is 3.01. The molecule has 5 heteroatoms. The molecule has 10 heavy (non-hydrogen) atoms. The van der Waals surface area contributed by atoms with E-state index in [2.05, 4.69) is 10.3 Å². The molecular formula is C5H12N2O3. The second kappa shape index (κ2) is 4.19. The molecular weight excluding hydrogens is 136 g/mol. The molecule has 5 nitrogen and oxygen atoms in total. The van der Waals surface area contributed by atoms with Gasteiger partial charge >= 0.3 is 0 Å². The molecule has 0 bridgehead atoms. The number of rotatable bonds is 4. The van der Waals surface area contributed by atoms with E-state index in [4.69, 9.17) is 0 Å². The lowest BCUT2D eigenvalue weighted by Gasteiger charge is -2.12. The highest BCUT2D eigenvalue weighted by Gasteiger charge is 2.21. The number of nitrogens with one attached hydrogen (secondary N) is 1. The lowest BCUT2D eigenvalue weighted by atomic mass is 10.2. The second-order valence-electron chi connectivity index (χ2n) is 2.14. The zero-order chi connectivity index (χ0) is 8.15. The molecule has 0 heterocycles. The van der Waals surface area contributed by atoms with Gasteiger partial charge in [0.15, 0.2) is 0 Å². The van der Waals surface area contributed by atoms with Crippen molar-refractivity contribution in [1.29, 1.82) is 0 Å². The van der Waals surface area contributed by atoms with Crippen molar-refractivity contribution < 1.29 is 9.76 Å². The second-order valence-corrected chi connectivity index (χ2v) is 2.14. The van der Waals surface area contributed by atoms with E-state index in [1.54, 1.807) is 6.92 Å². The fraction of sp³-hybridized carbons (Fsp3) is 1.00. The molecule has 0 aliphatic heterocycles. The van der Waals surface area contributed by atoms with Crippen LogP contribution in [0.25, 0.3) is 0 Å². The average molecular weight is 148 g/mol. The summed E-state index contributed by atoms with van der Waals surface area (Å²) in [6.45, 7) is 3.22. The van der Waals surface area contributed by atoms with Gasteiger partial charge < -0.3 is 4.84 Å². The Labute approximate surface area is 59.5 Å². The van der Waals surface area contributed by atoms with Crippen LogP contribution in [0.1, 0.15) is 13.8 Å². The predicted molar refractivity (Wildman–Crippen MR) is 36.1 cm³/mol. The van der Waals surface area contributed by atoms with E-state index in [1.807, 2.05) is 0 Å². The molecule has 2 atom stereocenters. The van der Waals surface area contributed by atoms with Crippen LogP contribution >= 0.6 is 0 Å². The summed E-state index contributed by atoms with van der Waals surface area (Å²) in [4.78, 5) is 14.3. The third kappa shape index (κ3) is 2.75. The molecule has 0 aromatic heterocycles. The van der Waals surface area contributed by atoms with Crippen molar-refractivity contribution >= 4 is 0 Å². The third-order valence-electron chi connectivity index (χ3n) is 1.36. The summed E-state index contributed by atoms with van der Waals surface area (Å²) < 4.78 is 0. The van der Waals surface area contributed by atoms with Crippen LogP contribution in [0.15, 0.2) is 0 Å². The van der Waals surface area contributed by atoms with Gasteiger partial charge in [0.1, 0.15) is 0 Å². The van der Waals surface area contributed by atoms with Gasteiger partial charge in [-0.2, -0.15) is 5.48 Å². The maximum absolute atomic E-state index is 10.1. The van der Waals surface area contributed by atoms with Gasteiger partial charge in [-0.15, -0.1) is 0 Å². The zero-order valence-electron chi connectivity index (χ0n) is 6.33. The highest BCUT2D eigenvalue weighted by molar-refractivity contribution is 4.61. The Morgan fingerprint density at radius 2 is 2.10 bits per heavy atom. The Morgan fingerprint density at radius 3 is 2.40 bits per heavy atom. The van der Waals surface area contributed by atoms with Gasteiger partial charge in [0.2, 0.25) is 6.04 Å². The van der Waals surface area contributed by atoms with Crippen LogP contribution in [0.4, 0.5) is 0 Å². The van der Waals surface area contributed by atoms with Gasteiger partial charge in [-0.25, -0.2) is 0 Å². The van der Waals surface area contributed by atoms with Crippen molar-refractivity contribution in [3.8, 4) is 0 Å². The fourth-order valence-corrected chi connectivity index (χ4v) is 0.467. The Kier molecular flexibility index (Phi) is 3.90. The van der Waals surface area contributed by atoms with Crippen LogP contribution in [0.3, 0.4) is 0 Å². The maximum Gasteiger partial charge on any atom is 0.227 e. The average Bonchev–Trinajstić information content (AvgIpc) is 1.87. The van der Waals surface area contributed by atoms with E-state index in [9.17, 15) is 10.1 Å². The van der Waals surface area contributed by atoms with E-state index in [0.29, 0.717) is 0 Å². The standard InChI is InChI=1S/C5H12N2O3/c1-4(6-10-3)5(2)7(8)9/h4-6H,1-3H3. The first-order valence-electron chi connectivity index (χ1n) is 3.01. The lowest BCUT2D eigenvalue weighted by molar-refractivity contribution is -0.523. The van der Waals surface area contributed by atoms with Crippen molar-refractivity contribution in [3.05, 3.63) is 10.1 Å². The molecule has 0 radical (unpaired) electrons. The predicted octanol–water partition coefficient (Wildman–Crippen LogP) is 0.191. The van der Waals surface area contributed by atoms with Gasteiger partial charge in [-0.05, 0) is 6.92 Å². The minimum absolute atomic E-state index is 0.264. The SMILES string of the molecule is CONC(C)C(C)[N+](=O)[O-]. The molecule has 0 fully saturated rings. The molecule has 60 valence electrons. The lowest BCUT2D eigenvalue weighted by Crippen LogP contribution is -2.39. The summed E-state index contributed by atoms with van der Waals surface area (Å²) in [5, 5.41) is 10.1. The Bertz CT molecular complexity index is 117. The zero-order valence-corrected chi connectivity index (χ0v) is 6.33. The molecule has 0 aromatic carbocycles. The monoisotopic (exact) mass is 148 g/mol. The Hall–Kier alpha value is -0.680. The molecule has 0 rings (SSSR count). The highest BCUT2D eigenvalue weighted by Crippen LogP contribution is 1.94. The highest BCUT2D eigenvalue weighted by atomic mass is 16.6. The van der Waals surface area contributed by atoms with E-state index < -0.39 is 6.04 Å². The Morgan fingerprint density at radius 1 is 1.60 bits per heavy atom.